The zero-order valence-electron chi connectivity index (χ0n) is 10.7. The van der Waals surface area contributed by atoms with Crippen molar-refractivity contribution in [2.45, 2.75) is 32.2 Å². The molecule has 1 saturated heterocycles. The lowest BCUT2D eigenvalue weighted by molar-refractivity contribution is -0.122. The van der Waals surface area contributed by atoms with Gasteiger partial charge in [0, 0.05) is 6.04 Å². The highest BCUT2D eigenvalue weighted by molar-refractivity contribution is 5.78. The average molecular weight is 237 g/mol. The van der Waals surface area contributed by atoms with Gasteiger partial charge in [-0.05, 0) is 38.9 Å². The molecule has 2 N–H and O–H groups in total. The van der Waals surface area contributed by atoms with Gasteiger partial charge in [0.25, 0.3) is 0 Å². The predicted molar refractivity (Wildman–Crippen MR) is 69.6 cm³/mol. The molecule has 0 aliphatic carbocycles. The first-order chi connectivity index (χ1) is 8.27. The van der Waals surface area contributed by atoms with Gasteiger partial charge in [-0.2, -0.15) is 0 Å². The third-order valence-corrected chi connectivity index (χ3v) is 3.07. The van der Waals surface area contributed by atoms with Gasteiger partial charge in [-0.25, -0.2) is 0 Å². The maximum absolute atomic E-state index is 11.7. The summed E-state index contributed by atoms with van der Waals surface area (Å²) in [5.41, 5.74) is 0. The first-order valence-corrected chi connectivity index (χ1v) is 6.42. The molecule has 1 aliphatic rings. The van der Waals surface area contributed by atoms with Crippen molar-refractivity contribution in [3.8, 4) is 12.3 Å². The molecule has 1 aliphatic heterocycles. The normalized spacial score (nSPS) is 16.8. The Bertz CT molecular complexity index is 266. The Morgan fingerprint density at radius 2 is 2.24 bits per heavy atom. The number of nitrogens with zero attached hydrogens (tertiary/aromatic N) is 1. The van der Waals surface area contributed by atoms with Crippen LogP contribution in [0.25, 0.3) is 0 Å². The standard InChI is InChI=1S/C13H23N3O/c1-3-7-15-13(17)11-16(10-4-2)12-5-8-14-9-6-12/h1,12,14H,4-11H2,2H3,(H,15,17). The summed E-state index contributed by atoms with van der Waals surface area (Å²) < 4.78 is 0. The number of amides is 1. The lowest BCUT2D eigenvalue weighted by Gasteiger charge is -2.33. The summed E-state index contributed by atoms with van der Waals surface area (Å²) in [5.74, 6) is 2.46. The number of hydrogen-bond acceptors (Lipinski definition) is 3. The number of carbonyl (C=O) groups excluding carboxylic acids is 1. The van der Waals surface area contributed by atoms with Crippen LogP contribution in [0, 0.1) is 12.3 Å². The molecule has 0 unspecified atom stereocenters. The lowest BCUT2D eigenvalue weighted by Crippen LogP contribution is -2.47. The summed E-state index contributed by atoms with van der Waals surface area (Å²) in [5, 5.41) is 6.07. The van der Waals surface area contributed by atoms with Gasteiger partial charge in [-0.3, -0.25) is 9.69 Å². The number of terminal acetylenes is 1. The van der Waals surface area contributed by atoms with E-state index >= 15 is 0 Å². The van der Waals surface area contributed by atoms with E-state index in [1.807, 2.05) is 0 Å². The maximum Gasteiger partial charge on any atom is 0.234 e. The average Bonchev–Trinajstić information content (AvgIpc) is 2.37. The van der Waals surface area contributed by atoms with E-state index in [1.54, 1.807) is 0 Å². The molecule has 0 aromatic carbocycles. The van der Waals surface area contributed by atoms with Gasteiger partial charge in [0.2, 0.25) is 5.91 Å². The Kier molecular flexibility index (Phi) is 6.68. The molecule has 0 radical (unpaired) electrons. The van der Waals surface area contributed by atoms with Crippen molar-refractivity contribution in [3.05, 3.63) is 0 Å². The predicted octanol–water partition coefficient (Wildman–Crippen LogP) is 0.200. The van der Waals surface area contributed by atoms with E-state index in [0.717, 1.165) is 38.9 Å². The second-order valence-electron chi connectivity index (χ2n) is 4.43. The molecule has 0 atom stereocenters. The van der Waals surface area contributed by atoms with E-state index < -0.39 is 0 Å². The number of hydrogen-bond donors (Lipinski definition) is 2. The topological polar surface area (TPSA) is 44.4 Å². The Labute approximate surface area is 104 Å². The number of rotatable bonds is 6. The SMILES string of the molecule is C#CCNC(=O)CN(CCC)C1CCNCC1. The fourth-order valence-corrected chi connectivity index (χ4v) is 2.24. The van der Waals surface area contributed by atoms with E-state index in [9.17, 15) is 4.79 Å². The van der Waals surface area contributed by atoms with Crippen LogP contribution in [0.5, 0.6) is 0 Å². The van der Waals surface area contributed by atoms with E-state index in [1.165, 1.54) is 0 Å². The number of piperidine rings is 1. The first-order valence-electron chi connectivity index (χ1n) is 6.42. The van der Waals surface area contributed by atoms with Crippen LogP contribution in [-0.2, 0) is 4.79 Å². The molecule has 0 bridgehead atoms. The lowest BCUT2D eigenvalue weighted by atomic mass is 10.0. The fraction of sp³-hybridized carbons (Fsp3) is 0.769. The molecule has 0 saturated carbocycles. The van der Waals surface area contributed by atoms with Crippen LogP contribution in [0.1, 0.15) is 26.2 Å². The summed E-state index contributed by atoms with van der Waals surface area (Å²) in [6.07, 6.45) is 8.45. The van der Waals surface area contributed by atoms with Gasteiger partial charge in [0.1, 0.15) is 0 Å². The number of carbonyl (C=O) groups is 1. The zero-order chi connectivity index (χ0) is 12.5. The molecule has 1 fully saturated rings. The molecule has 0 spiro atoms. The van der Waals surface area contributed by atoms with Crippen LogP contribution in [-0.4, -0.2) is 49.6 Å². The fourth-order valence-electron chi connectivity index (χ4n) is 2.24. The molecule has 96 valence electrons. The summed E-state index contributed by atoms with van der Waals surface area (Å²) >= 11 is 0. The molecule has 17 heavy (non-hydrogen) atoms. The van der Waals surface area contributed by atoms with Crippen LogP contribution >= 0.6 is 0 Å². The van der Waals surface area contributed by atoms with Gasteiger partial charge < -0.3 is 10.6 Å². The van der Waals surface area contributed by atoms with Gasteiger partial charge in [-0.1, -0.05) is 12.8 Å². The minimum Gasteiger partial charge on any atom is -0.344 e. The quantitative estimate of drug-likeness (QED) is 0.649. The van der Waals surface area contributed by atoms with Crippen LogP contribution in [0.15, 0.2) is 0 Å². The molecule has 4 nitrogen and oxygen atoms in total. The monoisotopic (exact) mass is 237 g/mol. The maximum atomic E-state index is 11.7. The highest BCUT2D eigenvalue weighted by Gasteiger charge is 2.21. The Morgan fingerprint density at radius 1 is 1.53 bits per heavy atom. The molecule has 0 aromatic heterocycles. The molecule has 1 amide bonds. The minimum atomic E-state index is 0.0370. The Hall–Kier alpha value is -1.05. The molecule has 4 heteroatoms. The smallest absolute Gasteiger partial charge is 0.234 e. The second-order valence-corrected chi connectivity index (χ2v) is 4.43. The zero-order valence-corrected chi connectivity index (χ0v) is 10.7. The highest BCUT2D eigenvalue weighted by Crippen LogP contribution is 2.11. The highest BCUT2D eigenvalue weighted by atomic mass is 16.2. The van der Waals surface area contributed by atoms with E-state index in [2.05, 4.69) is 28.4 Å². The largest absolute Gasteiger partial charge is 0.344 e. The summed E-state index contributed by atoms with van der Waals surface area (Å²) in [7, 11) is 0. The van der Waals surface area contributed by atoms with Crippen molar-refractivity contribution in [1.82, 2.24) is 15.5 Å². The van der Waals surface area contributed by atoms with Crippen molar-refractivity contribution in [2.24, 2.45) is 0 Å². The van der Waals surface area contributed by atoms with Gasteiger partial charge in [0.05, 0.1) is 13.1 Å². The number of nitrogens with one attached hydrogen (secondary N) is 2. The third kappa shape index (κ3) is 5.20. The van der Waals surface area contributed by atoms with Crippen molar-refractivity contribution < 1.29 is 4.79 Å². The summed E-state index contributed by atoms with van der Waals surface area (Å²) in [6.45, 7) is 6.03. The van der Waals surface area contributed by atoms with Crippen LogP contribution in [0.4, 0.5) is 0 Å². The van der Waals surface area contributed by atoms with Gasteiger partial charge in [-0.15, -0.1) is 6.42 Å². The van der Waals surface area contributed by atoms with Crippen molar-refractivity contribution in [1.29, 1.82) is 0 Å². The van der Waals surface area contributed by atoms with Crippen molar-refractivity contribution in [3.63, 3.8) is 0 Å². The van der Waals surface area contributed by atoms with E-state index in [0.29, 0.717) is 19.1 Å². The second kappa shape index (κ2) is 8.10. The molecule has 1 heterocycles. The van der Waals surface area contributed by atoms with Gasteiger partial charge >= 0.3 is 0 Å². The summed E-state index contributed by atoms with van der Waals surface area (Å²) in [4.78, 5) is 14.0. The third-order valence-electron chi connectivity index (χ3n) is 3.07. The summed E-state index contributed by atoms with van der Waals surface area (Å²) in [6, 6.07) is 0.535. The Morgan fingerprint density at radius 3 is 2.82 bits per heavy atom. The van der Waals surface area contributed by atoms with Gasteiger partial charge in [0.15, 0.2) is 0 Å². The molecule has 1 rings (SSSR count). The van der Waals surface area contributed by atoms with Crippen LogP contribution < -0.4 is 10.6 Å². The van der Waals surface area contributed by atoms with Crippen LogP contribution in [0.2, 0.25) is 0 Å². The first kappa shape index (κ1) is 14.0. The van der Waals surface area contributed by atoms with Crippen molar-refractivity contribution >= 4 is 5.91 Å². The van der Waals surface area contributed by atoms with E-state index in [-0.39, 0.29) is 5.91 Å². The van der Waals surface area contributed by atoms with E-state index in [4.69, 9.17) is 6.42 Å². The molecule has 0 aromatic rings. The van der Waals surface area contributed by atoms with Crippen molar-refractivity contribution in [2.75, 3.05) is 32.7 Å². The molecular weight excluding hydrogens is 214 g/mol. The molecular formula is C13H23N3O. The Balaban J connectivity index is 2.41. The van der Waals surface area contributed by atoms with Crippen LogP contribution in [0.3, 0.4) is 0 Å². The minimum absolute atomic E-state index is 0.0370.